The third-order valence-corrected chi connectivity index (χ3v) is 5.57. The summed E-state index contributed by atoms with van der Waals surface area (Å²) < 4.78 is 0. The number of nitrogens with two attached hydrogens (primary N) is 1. The Balaban J connectivity index is 1.73. The maximum atomic E-state index is 12.3. The number of hydrogen-bond acceptors (Lipinski definition) is 5. The molecule has 25 heavy (non-hydrogen) atoms. The molecule has 1 aromatic rings. The lowest BCUT2D eigenvalue weighted by molar-refractivity contribution is -0.138. The van der Waals surface area contributed by atoms with Gasteiger partial charge in [0.2, 0.25) is 11.9 Å². The Morgan fingerprint density at radius 3 is 2.80 bits per heavy atom. The summed E-state index contributed by atoms with van der Waals surface area (Å²) in [5, 5.41) is 0. The molecule has 6 heteroatoms. The van der Waals surface area contributed by atoms with Crippen molar-refractivity contribution in [3.63, 3.8) is 0 Å². The van der Waals surface area contributed by atoms with Crippen LogP contribution in [0.5, 0.6) is 0 Å². The first kappa shape index (κ1) is 18.0. The summed E-state index contributed by atoms with van der Waals surface area (Å²) in [5.41, 5.74) is 6.94. The maximum absolute atomic E-state index is 12.3. The van der Waals surface area contributed by atoms with Gasteiger partial charge in [-0.1, -0.05) is 13.8 Å². The second kappa shape index (κ2) is 7.18. The minimum atomic E-state index is 0.191. The summed E-state index contributed by atoms with van der Waals surface area (Å²) in [6.45, 7) is 10.1. The van der Waals surface area contributed by atoms with Gasteiger partial charge in [0, 0.05) is 49.8 Å². The number of hydrogen-bond donors (Lipinski definition) is 1. The number of amides is 1. The summed E-state index contributed by atoms with van der Waals surface area (Å²) in [6.07, 6.45) is 5.06. The molecule has 0 aliphatic carbocycles. The number of likely N-dealkylation sites (tertiary alicyclic amines) is 1. The van der Waals surface area contributed by atoms with Crippen molar-refractivity contribution >= 4 is 17.7 Å². The molecule has 138 valence electrons. The van der Waals surface area contributed by atoms with Crippen LogP contribution in [0.2, 0.25) is 0 Å². The van der Waals surface area contributed by atoms with Gasteiger partial charge in [0.15, 0.2) is 0 Å². The van der Waals surface area contributed by atoms with Crippen LogP contribution in [0, 0.1) is 18.3 Å². The van der Waals surface area contributed by atoms with Crippen molar-refractivity contribution in [1.29, 1.82) is 0 Å². The second-order valence-electron chi connectivity index (χ2n) is 8.25. The fourth-order valence-corrected chi connectivity index (χ4v) is 4.19. The fraction of sp³-hybridized carbons (Fsp3) is 0.737. The summed E-state index contributed by atoms with van der Waals surface area (Å²) in [5.74, 6) is 2.22. The van der Waals surface area contributed by atoms with Crippen LogP contribution in [-0.4, -0.2) is 47.0 Å². The van der Waals surface area contributed by atoms with Crippen molar-refractivity contribution in [2.24, 2.45) is 11.3 Å². The zero-order chi connectivity index (χ0) is 18.0. The van der Waals surface area contributed by atoms with Gasteiger partial charge in [0.25, 0.3) is 0 Å². The number of carbonyl (C=O) groups excluding carboxylic acids is 1. The molecule has 1 spiro atoms. The van der Waals surface area contributed by atoms with E-state index in [1.807, 2.05) is 13.0 Å². The molecule has 2 fully saturated rings. The lowest BCUT2D eigenvalue weighted by Gasteiger charge is -2.48. The van der Waals surface area contributed by atoms with Gasteiger partial charge in [-0.05, 0) is 38.5 Å². The van der Waals surface area contributed by atoms with E-state index in [0.29, 0.717) is 24.2 Å². The van der Waals surface area contributed by atoms with E-state index in [1.54, 1.807) is 0 Å². The molecule has 2 aliphatic heterocycles. The molecule has 0 aromatic carbocycles. The van der Waals surface area contributed by atoms with Gasteiger partial charge in [-0.15, -0.1) is 0 Å². The maximum Gasteiger partial charge on any atom is 0.222 e. The van der Waals surface area contributed by atoms with Crippen LogP contribution in [0.25, 0.3) is 0 Å². The molecule has 0 unspecified atom stereocenters. The molecule has 1 amide bonds. The minimum absolute atomic E-state index is 0.191. The predicted molar refractivity (Wildman–Crippen MR) is 100 cm³/mol. The molecule has 6 nitrogen and oxygen atoms in total. The van der Waals surface area contributed by atoms with Crippen LogP contribution < -0.4 is 10.6 Å². The Morgan fingerprint density at radius 2 is 2.08 bits per heavy atom. The number of nitrogen functional groups attached to an aromatic ring is 1. The first-order valence-electron chi connectivity index (χ1n) is 9.51. The lowest BCUT2D eigenvalue weighted by atomic mass is 9.73. The topological polar surface area (TPSA) is 75.4 Å². The van der Waals surface area contributed by atoms with Crippen LogP contribution in [0.1, 0.15) is 51.6 Å². The first-order chi connectivity index (χ1) is 11.9. The molecule has 3 rings (SSSR count). The van der Waals surface area contributed by atoms with E-state index in [1.165, 1.54) is 6.42 Å². The van der Waals surface area contributed by atoms with Crippen LogP contribution in [0.4, 0.5) is 11.8 Å². The van der Waals surface area contributed by atoms with Crippen molar-refractivity contribution in [1.82, 2.24) is 14.9 Å². The third-order valence-electron chi connectivity index (χ3n) is 5.57. The van der Waals surface area contributed by atoms with Crippen LogP contribution in [0.15, 0.2) is 6.07 Å². The highest BCUT2D eigenvalue weighted by atomic mass is 16.2. The highest BCUT2D eigenvalue weighted by molar-refractivity contribution is 5.77. The Kier molecular flexibility index (Phi) is 5.16. The monoisotopic (exact) mass is 345 g/mol. The van der Waals surface area contributed by atoms with E-state index in [0.717, 1.165) is 57.0 Å². The van der Waals surface area contributed by atoms with Gasteiger partial charge < -0.3 is 15.5 Å². The van der Waals surface area contributed by atoms with Gasteiger partial charge in [0.05, 0.1) is 0 Å². The molecule has 2 N–H and O–H groups in total. The SMILES string of the molecule is Cc1cc(N2CCC[C@]3(CCC(=O)N(CCC(C)C)C3)C2)nc(N)n1. The summed E-state index contributed by atoms with van der Waals surface area (Å²) in [6, 6.07) is 2.01. The third kappa shape index (κ3) is 4.22. The molecule has 1 atom stereocenters. The van der Waals surface area contributed by atoms with Crippen LogP contribution in [0.3, 0.4) is 0 Å². The zero-order valence-electron chi connectivity index (χ0n) is 15.8. The molecule has 2 aliphatic rings. The van der Waals surface area contributed by atoms with E-state index in [-0.39, 0.29) is 5.41 Å². The number of carbonyl (C=O) groups is 1. The van der Waals surface area contributed by atoms with Crippen molar-refractivity contribution in [3.8, 4) is 0 Å². The van der Waals surface area contributed by atoms with Crippen LogP contribution in [-0.2, 0) is 4.79 Å². The first-order valence-corrected chi connectivity index (χ1v) is 9.51. The predicted octanol–water partition coefficient (Wildman–Crippen LogP) is 2.62. The smallest absolute Gasteiger partial charge is 0.222 e. The standard InChI is InChI=1S/C19H31N5O/c1-14(2)6-10-24-13-19(8-5-17(24)25)7-4-9-23(12-19)16-11-15(3)21-18(20)22-16/h11,14H,4-10,12-13H2,1-3H3,(H2,20,21,22)/t19-/m0/s1. The van der Waals surface area contributed by atoms with E-state index in [2.05, 4.69) is 33.6 Å². The second-order valence-corrected chi connectivity index (χ2v) is 8.25. The molecular weight excluding hydrogens is 314 g/mol. The van der Waals surface area contributed by atoms with Crippen molar-refractivity contribution < 1.29 is 4.79 Å². The Labute approximate surface area is 150 Å². The van der Waals surface area contributed by atoms with E-state index in [9.17, 15) is 4.79 Å². The molecule has 0 saturated carbocycles. The quantitative estimate of drug-likeness (QED) is 0.908. The largest absolute Gasteiger partial charge is 0.368 e. The Morgan fingerprint density at radius 1 is 1.28 bits per heavy atom. The van der Waals surface area contributed by atoms with Crippen molar-refractivity contribution in [2.75, 3.05) is 36.8 Å². The van der Waals surface area contributed by atoms with Crippen LogP contribution >= 0.6 is 0 Å². The average Bonchev–Trinajstić information content (AvgIpc) is 2.55. The van der Waals surface area contributed by atoms with Gasteiger partial charge in [-0.2, -0.15) is 4.98 Å². The zero-order valence-corrected chi connectivity index (χ0v) is 15.8. The number of rotatable bonds is 4. The highest BCUT2D eigenvalue weighted by Gasteiger charge is 2.41. The van der Waals surface area contributed by atoms with E-state index in [4.69, 9.17) is 5.73 Å². The normalized spacial score (nSPS) is 24.4. The van der Waals surface area contributed by atoms with Gasteiger partial charge in [-0.25, -0.2) is 4.98 Å². The number of anilines is 2. The van der Waals surface area contributed by atoms with E-state index < -0.39 is 0 Å². The number of aromatic nitrogens is 2. The van der Waals surface area contributed by atoms with Gasteiger partial charge >= 0.3 is 0 Å². The molecule has 2 saturated heterocycles. The Bertz CT molecular complexity index is 612. The molecule has 1 aromatic heterocycles. The minimum Gasteiger partial charge on any atom is -0.368 e. The summed E-state index contributed by atoms with van der Waals surface area (Å²) in [7, 11) is 0. The van der Waals surface area contributed by atoms with Gasteiger partial charge in [0.1, 0.15) is 5.82 Å². The molecule has 3 heterocycles. The highest BCUT2D eigenvalue weighted by Crippen LogP contribution is 2.40. The summed E-state index contributed by atoms with van der Waals surface area (Å²) >= 11 is 0. The fourth-order valence-electron chi connectivity index (χ4n) is 4.19. The molecule has 0 bridgehead atoms. The van der Waals surface area contributed by atoms with Crippen molar-refractivity contribution in [2.45, 2.75) is 52.9 Å². The Hall–Kier alpha value is -1.85. The number of nitrogens with zero attached hydrogens (tertiary/aromatic N) is 4. The van der Waals surface area contributed by atoms with Gasteiger partial charge in [-0.3, -0.25) is 4.79 Å². The summed E-state index contributed by atoms with van der Waals surface area (Å²) in [4.78, 5) is 25.4. The van der Waals surface area contributed by atoms with Crippen molar-refractivity contribution in [3.05, 3.63) is 11.8 Å². The molecular formula is C19H31N5O. The number of piperidine rings is 2. The molecule has 0 radical (unpaired) electrons. The number of aryl methyl sites for hydroxylation is 1. The lowest BCUT2D eigenvalue weighted by Crippen LogP contribution is -2.54. The van der Waals surface area contributed by atoms with E-state index >= 15 is 0 Å². The average molecular weight is 345 g/mol.